The Morgan fingerprint density at radius 3 is 2.70 bits per heavy atom. The molecule has 30 heavy (non-hydrogen) atoms. The van der Waals surface area contributed by atoms with E-state index in [-0.39, 0.29) is 17.7 Å². The predicted molar refractivity (Wildman–Crippen MR) is 106 cm³/mol. The first-order valence-corrected chi connectivity index (χ1v) is 10.3. The number of nitrogens with one attached hydrogen (secondary N) is 1. The number of aromatic amines is 1. The second-order valence-corrected chi connectivity index (χ2v) is 8.16. The van der Waals surface area contributed by atoms with Gasteiger partial charge in [-0.1, -0.05) is 12.8 Å². The lowest BCUT2D eigenvalue weighted by Gasteiger charge is -2.42. The standard InChI is InChI=1S/C21H23F2N5O2/c1-12(27-10-15(11-27)30-14-6-7-17(22)18(23)8-14)19-25-20-16(21(29)26-19)9-24-28(20)13-4-2-3-5-13/h6-9,12-13,15H,2-5,10-11H2,1H3,(H,25,26,29)/t12-/m1/s1. The first kappa shape index (κ1) is 19.2. The molecule has 0 bridgehead atoms. The summed E-state index contributed by atoms with van der Waals surface area (Å²) in [6, 6.07) is 3.72. The molecule has 1 atom stereocenters. The summed E-state index contributed by atoms with van der Waals surface area (Å²) in [6.07, 6.45) is 5.94. The van der Waals surface area contributed by atoms with Crippen LogP contribution in [-0.4, -0.2) is 43.8 Å². The normalized spacial score (nSPS) is 19.3. The van der Waals surface area contributed by atoms with Gasteiger partial charge in [0.05, 0.1) is 18.3 Å². The van der Waals surface area contributed by atoms with Crippen molar-refractivity contribution in [1.82, 2.24) is 24.6 Å². The van der Waals surface area contributed by atoms with E-state index < -0.39 is 11.6 Å². The quantitative estimate of drug-likeness (QED) is 0.692. The average molecular weight is 415 g/mol. The van der Waals surface area contributed by atoms with Crippen LogP contribution in [0.2, 0.25) is 0 Å². The predicted octanol–water partition coefficient (Wildman–Crippen LogP) is 3.34. The average Bonchev–Trinajstić information content (AvgIpc) is 3.36. The van der Waals surface area contributed by atoms with Gasteiger partial charge in [-0.3, -0.25) is 9.69 Å². The summed E-state index contributed by atoms with van der Waals surface area (Å²) < 4.78 is 34.0. The first-order valence-electron chi connectivity index (χ1n) is 10.3. The van der Waals surface area contributed by atoms with Crippen LogP contribution in [-0.2, 0) is 0 Å². The number of ether oxygens (including phenoxy) is 1. The van der Waals surface area contributed by atoms with E-state index >= 15 is 0 Å². The van der Waals surface area contributed by atoms with E-state index in [0.717, 1.165) is 25.0 Å². The fourth-order valence-corrected chi connectivity index (χ4v) is 4.34. The van der Waals surface area contributed by atoms with Gasteiger partial charge in [-0.15, -0.1) is 0 Å². The smallest absolute Gasteiger partial charge is 0.262 e. The fraction of sp³-hybridized carbons (Fsp3) is 0.476. The summed E-state index contributed by atoms with van der Waals surface area (Å²) in [5.74, 6) is -0.919. The molecule has 1 saturated heterocycles. The number of aromatic nitrogens is 4. The van der Waals surface area contributed by atoms with E-state index in [9.17, 15) is 13.6 Å². The molecule has 1 aliphatic carbocycles. The molecule has 9 heteroatoms. The van der Waals surface area contributed by atoms with Crippen LogP contribution in [0, 0.1) is 11.6 Å². The highest BCUT2D eigenvalue weighted by atomic mass is 19.2. The van der Waals surface area contributed by atoms with Crippen molar-refractivity contribution >= 4 is 11.0 Å². The minimum atomic E-state index is -0.925. The van der Waals surface area contributed by atoms with Crippen LogP contribution < -0.4 is 10.3 Å². The van der Waals surface area contributed by atoms with Gasteiger partial charge in [0, 0.05) is 19.2 Å². The molecule has 2 aliphatic rings. The van der Waals surface area contributed by atoms with Crippen molar-refractivity contribution < 1.29 is 13.5 Å². The SMILES string of the molecule is C[C@H](c1nc2c(cnn2C2CCCC2)c(=O)[nH]1)N1CC(Oc2ccc(F)c(F)c2)C1. The Morgan fingerprint density at radius 1 is 1.20 bits per heavy atom. The first-order chi connectivity index (χ1) is 14.5. The number of likely N-dealkylation sites (tertiary alicyclic amines) is 1. The molecule has 1 aromatic carbocycles. The molecule has 1 N–H and O–H groups in total. The summed E-state index contributed by atoms with van der Waals surface area (Å²) in [4.78, 5) is 22.3. The fourth-order valence-electron chi connectivity index (χ4n) is 4.34. The monoisotopic (exact) mass is 415 g/mol. The second-order valence-electron chi connectivity index (χ2n) is 8.16. The van der Waals surface area contributed by atoms with Crippen molar-refractivity contribution in [3.63, 3.8) is 0 Å². The number of nitrogens with zero attached hydrogens (tertiary/aromatic N) is 4. The molecule has 5 rings (SSSR count). The topological polar surface area (TPSA) is 76.0 Å². The van der Waals surface area contributed by atoms with Crippen molar-refractivity contribution in [2.24, 2.45) is 0 Å². The van der Waals surface area contributed by atoms with Crippen molar-refractivity contribution in [3.05, 3.63) is 52.2 Å². The third-order valence-corrected chi connectivity index (χ3v) is 6.17. The van der Waals surface area contributed by atoms with Gasteiger partial charge in [-0.2, -0.15) is 5.10 Å². The Kier molecular flexibility index (Phi) is 4.77. The zero-order chi connectivity index (χ0) is 20.8. The molecule has 0 spiro atoms. The molecule has 1 aliphatic heterocycles. The van der Waals surface area contributed by atoms with Gasteiger partial charge in [0.1, 0.15) is 23.1 Å². The van der Waals surface area contributed by atoms with Crippen molar-refractivity contribution in [2.75, 3.05) is 13.1 Å². The van der Waals surface area contributed by atoms with Crippen molar-refractivity contribution in [2.45, 2.75) is 50.8 Å². The molecule has 7 nitrogen and oxygen atoms in total. The molecular weight excluding hydrogens is 392 g/mol. The van der Waals surface area contributed by atoms with E-state index in [4.69, 9.17) is 9.72 Å². The summed E-state index contributed by atoms with van der Waals surface area (Å²) >= 11 is 0. The maximum Gasteiger partial charge on any atom is 0.262 e. The van der Waals surface area contributed by atoms with Gasteiger partial charge in [-0.25, -0.2) is 18.4 Å². The third kappa shape index (κ3) is 3.36. The second kappa shape index (κ2) is 7.46. The number of rotatable bonds is 5. The molecule has 3 aromatic rings. The van der Waals surface area contributed by atoms with Crippen molar-refractivity contribution in [3.8, 4) is 5.75 Å². The van der Waals surface area contributed by atoms with Crippen LogP contribution in [0.1, 0.15) is 50.5 Å². The van der Waals surface area contributed by atoms with Crippen LogP contribution in [0.25, 0.3) is 11.0 Å². The van der Waals surface area contributed by atoms with E-state index in [2.05, 4.69) is 15.0 Å². The van der Waals surface area contributed by atoms with Crippen LogP contribution in [0.3, 0.4) is 0 Å². The van der Waals surface area contributed by atoms with Gasteiger partial charge in [0.2, 0.25) is 0 Å². The van der Waals surface area contributed by atoms with Gasteiger partial charge >= 0.3 is 0 Å². The zero-order valence-corrected chi connectivity index (χ0v) is 16.6. The molecule has 158 valence electrons. The zero-order valence-electron chi connectivity index (χ0n) is 16.6. The molecule has 0 radical (unpaired) electrons. The van der Waals surface area contributed by atoms with Gasteiger partial charge in [-0.05, 0) is 31.9 Å². The van der Waals surface area contributed by atoms with Crippen LogP contribution >= 0.6 is 0 Å². The van der Waals surface area contributed by atoms with Crippen LogP contribution in [0.5, 0.6) is 5.75 Å². The Bertz CT molecular complexity index is 1130. The molecule has 2 fully saturated rings. The Morgan fingerprint density at radius 2 is 1.97 bits per heavy atom. The minimum Gasteiger partial charge on any atom is -0.488 e. The highest BCUT2D eigenvalue weighted by Gasteiger charge is 2.34. The van der Waals surface area contributed by atoms with Gasteiger partial charge < -0.3 is 9.72 Å². The Labute approximate surface area is 171 Å². The Hall–Kier alpha value is -2.81. The number of hydrogen-bond donors (Lipinski definition) is 1. The lowest BCUT2D eigenvalue weighted by Crippen LogP contribution is -2.54. The molecule has 1 saturated carbocycles. The Balaban J connectivity index is 1.30. The maximum atomic E-state index is 13.3. The van der Waals surface area contributed by atoms with E-state index in [1.54, 1.807) is 6.20 Å². The third-order valence-electron chi connectivity index (χ3n) is 6.17. The minimum absolute atomic E-state index is 0.112. The van der Waals surface area contributed by atoms with E-state index in [1.165, 1.54) is 18.9 Å². The van der Waals surface area contributed by atoms with Gasteiger partial charge in [0.15, 0.2) is 17.3 Å². The largest absolute Gasteiger partial charge is 0.488 e. The lowest BCUT2D eigenvalue weighted by molar-refractivity contribution is -0.00753. The maximum absolute atomic E-state index is 13.3. The molecule has 3 heterocycles. The highest BCUT2D eigenvalue weighted by molar-refractivity contribution is 5.73. The highest BCUT2D eigenvalue weighted by Crippen LogP contribution is 2.31. The summed E-state index contributed by atoms with van der Waals surface area (Å²) in [5, 5.41) is 4.95. The summed E-state index contributed by atoms with van der Waals surface area (Å²) in [6.45, 7) is 3.18. The summed E-state index contributed by atoms with van der Waals surface area (Å²) in [7, 11) is 0. The van der Waals surface area contributed by atoms with Crippen LogP contribution in [0.15, 0.2) is 29.2 Å². The molecule has 2 aromatic heterocycles. The number of benzene rings is 1. The van der Waals surface area contributed by atoms with Crippen LogP contribution in [0.4, 0.5) is 8.78 Å². The van der Waals surface area contributed by atoms with Gasteiger partial charge in [0.25, 0.3) is 5.56 Å². The molecule has 0 unspecified atom stereocenters. The molecular formula is C21H23F2N5O2. The number of halogens is 2. The summed E-state index contributed by atoms with van der Waals surface area (Å²) in [5.41, 5.74) is 0.462. The molecule has 0 amide bonds. The lowest BCUT2D eigenvalue weighted by atomic mass is 10.1. The van der Waals surface area contributed by atoms with E-state index in [1.807, 2.05) is 11.6 Å². The van der Waals surface area contributed by atoms with E-state index in [0.29, 0.717) is 41.7 Å². The number of fused-ring (bicyclic) bond motifs is 1. The number of H-pyrrole nitrogens is 1. The number of hydrogen-bond acceptors (Lipinski definition) is 5. The van der Waals surface area contributed by atoms with Crippen molar-refractivity contribution in [1.29, 1.82) is 0 Å².